The summed E-state index contributed by atoms with van der Waals surface area (Å²) in [5.41, 5.74) is 0. The van der Waals surface area contributed by atoms with Gasteiger partial charge in [-0.2, -0.15) is 17.4 Å². The Balaban J connectivity index is 2.53. The molecule has 8 heteroatoms. The van der Waals surface area contributed by atoms with Gasteiger partial charge in [0.2, 0.25) is 5.91 Å². The predicted octanol–water partition coefficient (Wildman–Crippen LogP) is -0.950. The standard InChI is InChI=1S/C11H23N3O4S/c1-3-6-14(8-9-4-5-9)19(17,18)13-7-10(15)11(16)12-2/h9-10,13,15H,3-8H2,1-2H3,(H,12,16). The third-order valence-corrected chi connectivity index (χ3v) is 4.52. The van der Waals surface area contributed by atoms with Gasteiger partial charge in [0.25, 0.3) is 10.2 Å². The number of likely N-dealkylation sites (N-methyl/N-ethyl adjacent to an activating group) is 1. The number of rotatable bonds is 9. The van der Waals surface area contributed by atoms with E-state index in [0.29, 0.717) is 19.0 Å². The van der Waals surface area contributed by atoms with Crippen molar-refractivity contribution in [3.8, 4) is 0 Å². The molecule has 0 aromatic carbocycles. The smallest absolute Gasteiger partial charge is 0.279 e. The molecule has 1 aliphatic carbocycles. The van der Waals surface area contributed by atoms with Crippen LogP contribution < -0.4 is 10.0 Å². The lowest BCUT2D eigenvalue weighted by molar-refractivity contribution is -0.128. The van der Waals surface area contributed by atoms with E-state index >= 15 is 0 Å². The van der Waals surface area contributed by atoms with Crippen LogP contribution in [-0.2, 0) is 15.0 Å². The van der Waals surface area contributed by atoms with Crippen molar-refractivity contribution in [3.05, 3.63) is 0 Å². The topological polar surface area (TPSA) is 98.7 Å². The second-order valence-electron chi connectivity index (χ2n) is 4.78. The molecule has 3 N–H and O–H groups in total. The van der Waals surface area contributed by atoms with Crippen LogP contribution in [0.5, 0.6) is 0 Å². The van der Waals surface area contributed by atoms with E-state index in [4.69, 9.17) is 0 Å². The lowest BCUT2D eigenvalue weighted by atomic mass is 10.3. The highest BCUT2D eigenvalue weighted by molar-refractivity contribution is 7.87. The molecule has 1 atom stereocenters. The van der Waals surface area contributed by atoms with E-state index in [-0.39, 0.29) is 6.54 Å². The number of aliphatic hydroxyl groups excluding tert-OH is 1. The van der Waals surface area contributed by atoms with Crippen molar-refractivity contribution in [1.82, 2.24) is 14.3 Å². The summed E-state index contributed by atoms with van der Waals surface area (Å²) in [6.45, 7) is 2.56. The third-order valence-electron chi connectivity index (χ3n) is 2.98. The van der Waals surface area contributed by atoms with Crippen molar-refractivity contribution in [3.63, 3.8) is 0 Å². The number of hydrogen-bond donors (Lipinski definition) is 3. The van der Waals surface area contributed by atoms with Gasteiger partial charge in [-0.05, 0) is 25.2 Å². The molecule has 1 fully saturated rings. The van der Waals surface area contributed by atoms with Crippen molar-refractivity contribution in [1.29, 1.82) is 0 Å². The maximum atomic E-state index is 12.1. The van der Waals surface area contributed by atoms with Gasteiger partial charge in [-0.3, -0.25) is 4.79 Å². The first-order chi connectivity index (χ1) is 8.90. The highest BCUT2D eigenvalue weighted by Crippen LogP contribution is 2.30. The quantitative estimate of drug-likeness (QED) is 0.510. The van der Waals surface area contributed by atoms with Crippen LogP contribution in [0.15, 0.2) is 0 Å². The second kappa shape index (κ2) is 7.18. The van der Waals surface area contributed by atoms with Gasteiger partial charge in [0, 0.05) is 26.7 Å². The first-order valence-electron chi connectivity index (χ1n) is 6.55. The average Bonchev–Trinajstić information content (AvgIpc) is 3.18. The van der Waals surface area contributed by atoms with E-state index in [1.54, 1.807) is 0 Å². The Kier molecular flexibility index (Phi) is 6.18. The zero-order valence-corrected chi connectivity index (χ0v) is 12.2. The van der Waals surface area contributed by atoms with E-state index in [2.05, 4.69) is 10.0 Å². The van der Waals surface area contributed by atoms with Crippen molar-refractivity contribution in [2.75, 3.05) is 26.7 Å². The van der Waals surface area contributed by atoms with Crippen LogP contribution in [0.1, 0.15) is 26.2 Å². The minimum absolute atomic E-state index is 0.313. The number of hydrogen-bond acceptors (Lipinski definition) is 4. The summed E-state index contributed by atoms with van der Waals surface area (Å²) in [4.78, 5) is 11.1. The molecule has 0 aromatic rings. The van der Waals surface area contributed by atoms with Crippen LogP contribution in [0.3, 0.4) is 0 Å². The Hall–Kier alpha value is -0.700. The Morgan fingerprint density at radius 1 is 1.47 bits per heavy atom. The molecule has 1 unspecified atom stereocenters. The molecule has 19 heavy (non-hydrogen) atoms. The van der Waals surface area contributed by atoms with Gasteiger partial charge in [0.05, 0.1) is 0 Å². The largest absolute Gasteiger partial charge is 0.382 e. The Morgan fingerprint density at radius 2 is 2.11 bits per heavy atom. The van der Waals surface area contributed by atoms with Gasteiger partial charge in [-0.15, -0.1) is 0 Å². The molecule has 0 saturated heterocycles. The Morgan fingerprint density at radius 3 is 2.58 bits per heavy atom. The molecule has 1 amide bonds. The van der Waals surface area contributed by atoms with Crippen LogP contribution in [0.2, 0.25) is 0 Å². The van der Waals surface area contributed by atoms with Crippen LogP contribution in [-0.4, -0.2) is 56.5 Å². The van der Waals surface area contributed by atoms with Gasteiger partial charge >= 0.3 is 0 Å². The number of carbonyl (C=O) groups is 1. The van der Waals surface area contributed by atoms with E-state index in [1.807, 2.05) is 6.92 Å². The fourth-order valence-electron chi connectivity index (χ4n) is 1.68. The molecule has 1 aliphatic rings. The summed E-state index contributed by atoms with van der Waals surface area (Å²) in [5, 5.41) is 11.7. The number of aliphatic hydroxyl groups is 1. The number of amides is 1. The summed E-state index contributed by atoms with van der Waals surface area (Å²) in [5.74, 6) is -0.154. The number of nitrogens with zero attached hydrogens (tertiary/aromatic N) is 1. The molecule has 1 saturated carbocycles. The maximum Gasteiger partial charge on any atom is 0.279 e. The third kappa shape index (κ3) is 5.43. The molecule has 0 bridgehead atoms. The fraction of sp³-hybridized carbons (Fsp3) is 0.909. The normalized spacial score (nSPS) is 17.5. The van der Waals surface area contributed by atoms with Crippen molar-refractivity contribution >= 4 is 16.1 Å². The van der Waals surface area contributed by atoms with Crippen LogP contribution >= 0.6 is 0 Å². The molecular weight excluding hydrogens is 270 g/mol. The van der Waals surface area contributed by atoms with E-state index in [0.717, 1.165) is 19.3 Å². The first kappa shape index (κ1) is 16.4. The maximum absolute atomic E-state index is 12.1. The van der Waals surface area contributed by atoms with E-state index in [1.165, 1.54) is 11.4 Å². The zero-order valence-electron chi connectivity index (χ0n) is 11.4. The summed E-state index contributed by atoms with van der Waals surface area (Å²) in [7, 11) is -2.25. The molecule has 0 aromatic heterocycles. The SMILES string of the molecule is CCCN(CC1CC1)S(=O)(=O)NCC(O)C(=O)NC. The lowest BCUT2D eigenvalue weighted by Gasteiger charge is -2.22. The zero-order chi connectivity index (χ0) is 14.5. The highest BCUT2D eigenvalue weighted by atomic mass is 32.2. The molecule has 1 rings (SSSR count). The minimum atomic E-state index is -3.63. The van der Waals surface area contributed by atoms with Crippen LogP contribution in [0.25, 0.3) is 0 Å². The van der Waals surface area contributed by atoms with Gasteiger partial charge in [0.15, 0.2) is 0 Å². The van der Waals surface area contributed by atoms with E-state index < -0.39 is 22.2 Å². The molecule has 7 nitrogen and oxygen atoms in total. The molecular formula is C11H23N3O4S. The average molecular weight is 293 g/mol. The molecule has 0 aliphatic heterocycles. The minimum Gasteiger partial charge on any atom is -0.382 e. The van der Waals surface area contributed by atoms with Crippen LogP contribution in [0.4, 0.5) is 0 Å². The number of nitrogens with one attached hydrogen (secondary N) is 2. The number of carbonyl (C=O) groups excluding carboxylic acids is 1. The molecule has 0 spiro atoms. The van der Waals surface area contributed by atoms with Crippen molar-refractivity contribution in [2.24, 2.45) is 5.92 Å². The van der Waals surface area contributed by atoms with Gasteiger partial charge in [0.1, 0.15) is 6.10 Å². The predicted molar refractivity (Wildman–Crippen MR) is 71.6 cm³/mol. The monoisotopic (exact) mass is 293 g/mol. The van der Waals surface area contributed by atoms with Crippen molar-refractivity contribution < 1.29 is 18.3 Å². The van der Waals surface area contributed by atoms with Gasteiger partial charge < -0.3 is 10.4 Å². The molecule has 0 heterocycles. The molecule has 0 radical (unpaired) electrons. The highest BCUT2D eigenvalue weighted by Gasteiger charge is 2.30. The van der Waals surface area contributed by atoms with Gasteiger partial charge in [-0.25, -0.2) is 0 Å². The van der Waals surface area contributed by atoms with Gasteiger partial charge in [-0.1, -0.05) is 6.92 Å². The Labute approximate surface area is 114 Å². The summed E-state index contributed by atoms with van der Waals surface area (Å²) < 4.78 is 27.8. The van der Waals surface area contributed by atoms with Crippen LogP contribution in [0, 0.1) is 5.92 Å². The summed E-state index contributed by atoms with van der Waals surface area (Å²) >= 11 is 0. The first-order valence-corrected chi connectivity index (χ1v) is 7.99. The Bertz CT molecular complexity index is 395. The summed E-state index contributed by atoms with van der Waals surface area (Å²) in [6, 6.07) is 0. The van der Waals surface area contributed by atoms with Crippen molar-refractivity contribution in [2.45, 2.75) is 32.3 Å². The summed E-state index contributed by atoms with van der Waals surface area (Å²) in [6.07, 6.45) is 1.49. The molecule has 112 valence electrons. The van der Waals surface area contributed by atoms with E-state index in [9.17, 15) is 18.3 Å². The fourth-order valence-corrected chi connectivity index (χ4v) is 3.06. The second-order valence-corrected chi connectivity index (χ2v) is 6.54. The lowest BCUT2D eigenvalue weighted by Crippen LogP contribution is -2.47.